The smallest absolute Gasteiger partial charge is 0.311 e. The van der Waals surface area contributed by atoms with E-state index in [2.05, 4.69) is 0 Å². The highest BCUT2D eigenvalue weighted by Gasteiger charge is 2.15. The van der Waals surface area contributed by atoms with Crippen LogP contribution in [0.15, 0.2) is 30.4 Å². The molecule has 0 bridgehead atoms. The first-order valence-corrected chi connectivity index (χ1v) is 4.33. The normalized spacial score (nSPS) is 10.5. The van der Waals surface area contributed by atoms with Crippen LogP contribution in [0.5, 0.6) is 5.75 Å². The summed E-state index contributed by atoms with van der Waals surface area (Å²) in [6.07, 6.45) is 3.42. The number of nitro groups is 1. The second-order valence-corrected chi connectivity index (χ2v) is 2.75. The zero-order valence-electron chi connectivity index (χ0n) is 8.14. The van der Waals surface area contributed by atoms with Gasteiger partial charge < -0.3 is 4.74 Å². The van der Waals surface area contributed by atoms with Gasteiger partial charge >= 0.3 is 5.69 Å². The number of benzene rings is 1. The molecule has 0 aliphatic heterocycles. The van der Waals surface area contributed by atoms with E-state index in [0.29, 0.717) is 0 Å². The lowest BCUT2D eigenvalue weighted by molar-refractivity contribution is -0.385. The third-order valence-corrected chi connectivity index (χ3v) is 1.69. The van der Waals surface area contributed by atoms with Gasteiger partial charge in [0, 0.05) is 12.1 Å². The Morgan fingerprint density at radius 3 is 2.93 bits per heavy atom. The molecule has 1 aromatic rings. The average molecular weight is 211 g/mol. The van der Waals surface area contributed by atoms with Gasteiger partial charge in [0.05, 0.1) is 4.92 Å². The maximum atomic E-state index is 12.8. The van der Waals surface area contributed by atoms with Crippen molar-refractivity contribution in [2.75, 3.05) is 6.61 Å². The number of rotatable bonds is 4. The molecule has 4 nitrogen and oxygen atoms in total. The van der Waals surface area contributed by atoms with Crippen molar-refractivity contribution in [3.8, 4) is 5.75 Å². The van der Waals surface area contributed by atoms with E-state index in [4.69, 9.17) is 4.74 Å². The van der Waals surface area contributed by atoms with E-state index in [1.54, 1.807) is 19.1 Å². The molecular weight excluding hydrogens is 201 g/mol. The van der Waals surface area contributed by atoms with Crippen LogP contribution in [0.1, 0.15) is 6.92 Å². The number of hydrogen-bond donors (Lipinski definition) is 0. The summed E-state index contributed by atoms with van der Waals surface area (Å²) in [5, 5.41) is 10.6. The molecule has 0 N–H and O–H groups in total. The fourth-order valence-electron chi connectivity index (χ4n) is 0.989. The van der Waals surface area contributed by atoms with E-state index >= 15 is 0 Å². The van der Waals surface area contributed by atoms with Crippen molar-refractivity contribution in [1.82, 2.24) is 0 Å². The quantitative estimate of drug-likeness (QED) is 0.437. The Bertz CT molecular complexity index is 390. The van der Waals surface area contributed by atoms with Gasteiger partial charge in [0.15, 0.2) is 5.75 Å². The fraction of sp³-hybridized carbons (Fsp3) is 0.200. The number of halogens is 1. The monoisotopic (exact) mass is 211 g/mol. The molecule has 0 fully saturated rings. The highest BCUT2D eigenvalue weighted by Crippen LogP contribution is 2.27. The molecule has 0 saturated carbocycles. The molecule has 0 heterocycles. The van der Waals surface area contributed by atoms with E-state index in [0.717, 1.165) is 18.2 Å². The topological polar surface area (TPSA) is 52.4 Å². The Kier molecular flexibility index (Phi) is 3.79. The van der Waals surface area contributed by atoms with Crippen molar-refractivity contribution in [3.63, 3.8) is 0 Å². The minimum absolute atomic E-state index is 0.0573. The van der Waals surface area contributed by atoms with Gasteiger partial charge in [-0.05, 0) is 13.0 Å². The third-order valence-electron chi connectivity index (χ3n) is 1.69. The van der Waals surface area contributed by atoms with Crippen molar-refractivity contribution in [2.45, 2.75) is 6.92 Å². The SMILES string of the molecule is CC=CCOc1cc(F)ccc1[N+](=O)[O-]. The second kappa shape index (κ2) is 5.09. The molecule has 0 amide bonds. The number of nitrogens with zero attached hydrogens (tertiary/aromatic N) is 1. The van der Waals surface area contributed by atoms with Crippen LogP contribution in [0, 0.1) is 15.9 Å². The van der Waals surface area contributed by atoms with Gasteiger partial charge in [-0.25, -0.2) is 4.39 Å². The highest BCUT2D eigenvalue weighted by atomic mass is 19.1. The number of ether oxygens (including phenoxy) is 1. The molecular formula is C10H10FNO3. The summed E-state index contributed by atoms with van der Waals surface area (Å²) in [5.41, 5.74) is -0.235. The second-order valence-electron chi connectivity index (χ2n) is 2.75. The largest absolute Gasteiger partial charge is 0.483 e. The Labute approximate surface area is 86.1 Å². The van der Waals surface area contributed by atoms with Gasteiger partial charge in [-0.1, -0.05) is 12.2 Å². The van der Waals surface area contributed by atoms with Crippen LogP contribution in [0.2, 0.25) is 0 Å². The predicted octanol–water partition coefficient (Wildman–Crippen LogP) is 2.69. The molecule has 1 rings (SSSR count). The van der Waals surface area contributed by atoms with Gasteiger partial charge in [0.1, 0.15) is 12.4 Å². The first-order valence-electron chi connectivity index (χ1n) is 4.33. The van der Waals surface area contributed by atoms with Crippen molar-refractivity contribution >= 4 is 5.69 Å². The van der Waals surface area contributed by atoms with Gasteiger partial charge in [0.25, 0.3) is 0 Å². The standard InChI is InChI=1S/C10H10FNO3/c1-2-3-6-15-10-7-8(11)4-5-9(10)12(13)14/h2-5,7H,6H2,1H3. The molecule has 0 saturated heterocycles. The summed E-state index contributed by atoms with van der Waals surface area (Å²) in [7, 11) is 0. The summed E-state index contributed by atoms with van der Waals surface area (Å²) in [6, 6.07) is 3.11. The predicted molar refractivity (Wildman–Crippen MR) is 53.4 cm³/mol. The molecule has 1 aromatic carbocycles. The molecule has 0 aromatic heterocycles. The summed E-state index contributed by atoms with van der Waals surface area (Å²) in [5.74, 6) is -0.617. The molecule has 5 heteroatoms. The molecule has 0 radical (unpaired) electrons. The maximum absolute atomic E-state index is 12.8. The highest BCUT2D eigenvalue weighted by molar-refractivity contribution is 5.46. The van der Waals surface area contributed by atoms with Crippen LogP contribution in [0.25, 0.3) is 0 Å². The number of hydrogen-bond acceptors (Lipinski definition) is 3. The van der Waals surface area contributed by atoms with Crippen molar-refractivity contribution < 1.29 is 14.1 Å². The summed E-state index contributed by atoms with van der Waals surface area (Å²) in [6.45, 7) is 1.98. The molecule has 80 valence electrons. The van der Waals surface area contributed by atoms with E-state index in [-0.39, 0.29) is 18.0 Å². The van der Waals surface area contributed by atoms with E-state index < -0.39 is 10.7 Å². The van der Waals surface area contributed by atoms with Crippen LogP contribution in [-0.2, 0) is 0 Å². The van der Waals surface area contributed by atoms with Gasteiger partial charge in [-0.15, -0.1) is 0 Å². The van der Waals surface area contributed by atoms with Crippen LogP contribution in [-0.4, -0.2) is 11.5 Å². The minimum Gasteiger partial charge on any atom is -0.483 e. The molecule has 0 spiro atoms. The Hall–Kier alpha value is -1.91. The van der Waals surface area contributed by atoms with Gasteiger partial charge in [-0.2, -0.15) is 0 Å². The van der Waals surface area contributed by atoms with Crippen LogP contribution in [0.3, 0.4) is 0 Å². The lowest BCUT2D eigenvalue weighted by atomic mass is 10.3. The molecule has 15 heavy (non-hydrogen) atoms. The molecule has 0 aliphatic rings. The molecule has 0 aliphatic carbocycles. The van der Waals surface area contributed by atoms with Gasteiger partial charge in [0.2, 0.25) is 0 Å². The average Bonchev–Trinajstić information content (AvgIpc) is 2.18. The maximum Gasteiger partial charge on any atom is 0.311 e. The first kappa shape index (κ1) is 11.2. The van der Waals surface area contributed by atoms with E-state index in [9.17, 15) is 14.5 Å². The number of allylic oxidation sites excluding steroid dienone is 1. The molecule has 0 atom stereocenters. The van der Waals surface area contributed by atoms with Gasteiger partial charge in [-0.3, -0.25) is 10.1 Å². The van der Waals surface area contributed by atoms with Crippen molar-refractivity contribution in [2.24, 2.45) is 0 Å². The zero-order valence-corrected chi connectivity index (χ0v) is 8.14. The fourth-order valence-corrected chi connectivity index (χ4v) is 0.989. The van der Waals surface area contributed by atoms with E-state index in [1.807, 2.05) is 0 Å². The lowest BCUT2D eigenvalue weighted by Crippen LogP contribution is -1.98. The first-order chi connectivity index (χ1) is 7.15. The zero-order chi connectivity index (χ0) is 11.3. The lowest BCUT2D eigenvalue weighted by Gasteiger charge is -2.03. The van der Waals surface area contributed by atoms with Crippen LogP contribution in [0.4, 0.5) is 10.1 Å². The third kappa shape index (κ3) is 3.05. The molecule has 0 unspecified atom stereocenters. The minimum atomic E-state index is -0.607. The summed E-state index contributed by atoms with van der Waals surface area (Å²) < 4.78 is 17.9. The Morgan fingerprint density at radius 2 is 2.33 bits per heavy atom. The van der Waals surface area contributed by atoms with Crippen molar-refractivity contribution in [3.05, 3.63) is 46.3 Å². The Balaban J connectivity index is 2.91. The van der Waals surface area contributed by atoms with Crippen LogP contribution >= 0.6 is 0 Å². The van der Waals surface area contributed by atoms with Crippen LogP contribution < -0.4 is 4.74 Å². The summed E-state index contributed by atoms with van der Waals surface area (Å²) in [4.78, 5) is 9.94. The van der Waals surface area contributed by atoms with Crippen molar-refractivity contribution in [1.29, 1.82) is 0 Å². The number of nitro benzene ring substituents is 1. The van der Waals surface area contributed by atoms with E-state index in [1.165, 1.54) is 0 Å². The Morgan fingerprint density at radius 1 is 1.60 bits per heavy atom. The summed E-state index contributed by atoms with van der Waals surface area (Å²) >= 11 is 0.